The number of benzene rings is 3. The van der Waals surface area contributed by atoms with Crippen LogP contribution in [0.15, 0.2) is 110 Å². The molecule has 0 aliphatic carbocycles. The maximum atomic E-state index is 13.6. The fraction of sp³-hybridized carbons (Fsp3) is 0.231. The van der Waals surface area contributed by atoms with Crippen molar-refractivity contribution in [2.24, 2.45) is 0 Å². The first-order valence-electron chi connectivity index (χ1n) is 16.8. The van der Waals surface area contributed by atoms with Crippen molar-refractivity contribution < 1.29 is 9.50 Å². The topological polar surface area (TPSA) is 118 Å². The van der Waals surface area contributed by atoms with Gasteiger partial charge in [-0.3, -0.25) is 14.8 Å². The summed E-state index contributed by atoms with van der Waals surface area (Å²) in [6.07, 6.45) is 10.1. The average Bonchev–Trinajstić information content (AvgIpc) is 3.60. The van der Waals surface area contributed by atoms with Crippen LogP contribution < -0.4 is 10.6 Å². The highest BCUT2D eigenvalue weighted by molar-refractivity contribution is 5.95. The number of aliphatic hydroxyl groups excluding tert-OH is 1. The lowest BCUT2D eigenvalue weighted by Gasteiger charge is -2.35. The molecular weight excluding hydrogens is 629 g/mol. The van der Waals surface area contributed by atoms with Gasteiger partial charge in [0.25, 0.3) is 0 Å². The summed E-state index contributed by atoms with van der Waals surface area (Å²) < 4.78 is 15.7. The number of anilines is 3. The highest BCUT2D eigenvalue weighted by Crippen LogP contribution is 2.30. The number of halogens is 1. The van der Waals surface area contributed by atoms with Gasteiger partial charge in [-0.05, 0) is 82.9 Å². The summed E-state index contributed by atoms with van der Waals surface area (Å²) in [4.78, 5) is 17.9. The number of nitrogens with one attached hydrogen (secondary N) is 3. The zero-order chi connectivity index (χ0) is 34.3. The Kier molecular flexibility index (Phi) is 10.2. The normalized spacial score (nSPS) is 14.4. The Morgan fingerprint density at radius 3 is 2.52 bits per heavy atom. The fourth-order valence-electron chi connectivity index (χ4n) is 6.44. The van der Waals surface area contributed by atoms with E-state index in [9.17, 15) is 9.50 Å². The number of piperazine rings is 1. The van der Waals surface area contributed by atoms with Crippen LogP contribution in [0.25, 0.3) is 22.0 Å². The van der Waals surface area contributed by atoms with Gasteiger partial charge in [-0.25, -0.2) is 14.4 Å². The summed E-state index contributed by atoms with van der Waals surface area (Å²) in [5.74, 6) is 0.380. The van der Waals surface area contributed by atoms with Crippen LogP contribution in [-0.2, 0) is 19.6 Å². The number of β-amino-alcohol motifs (C(OH)–C–C–N with tert-alkyl or cyclic N) is 1. The second kappa shape index (κ2) is 15.4. The Labute approximate surface area is 290 Å². The summed E-state index contributed by atoms with van der Waals surface area (Å²) in [6, 6.07) is 24.5. The number of pyridine rings is 1. The van der Waals surface area contributed by atoms with Gasteiger partial charge < -0.3 is 25.7 Å². The second-order valence-electron chi connectivity index (χ2n) is 12.7. The van der Waals surface area contributed by atoms with E-state index in [0.717, 1.165) is 71.7 Å². The first kappa shape index (κ1) is 33.0. The predicted molar refractivity (Wildman–Crippen MR) is 196 cm³/mol. The zero-order valence-electron chi connectivity index (χ0n) is 27.7. The van der Waals surface area contributed by atoms with Crippen LogP contribution in [-0.4, -0.2) is 79.5 Å². The Balaban J connectivity index is 0.976. The first-order chi connectivity index (χ1) is 24.5. The van der Waals surface area contributed by atoms with E-state index in [4.69, 9.17) is 5.41 Å². The summed E-state index contributed by atoms with van der Waals surface area (Å²) >= 11 is 0. The van der Waals surface area contributed by atoms with Gasteiger partial charge in [0.1, 0.15) is 18.0 Å². The van der Waals surface area contributed by atoms with E-state index in [-0.39, 0.29) is 5.82 Å². The largest absolute Gasteiger partial charge is 0.390 e. The molecule has 0 bridgehead atoms. The molecule has 1 atom stereocenters. The van der Waals surface area contributed by atoms with Gasteiger partial charge >= 0.3 is 0 Å². The van der Waals surface area contributed by atoms with Crippen LogP contribution in [0, 0.1) is 11.2 Å². The van der Waals surface area contributed by atoms with Crippen molar-refractivity contribution in [3.63, 3.8) is 0 Å². The lowest BCUT2D eigenvalue weighted by molar-refractivity contribution is 0.0623. The van der Waals surface area contributed by atoms with Crippen molar-refractivity contribution in [3.05, 3.63) is 132 Å². The van der Waals surface area contributed by atoms with Crippen molar-refractivity contribution in [2.75, 3.05) is 43.4 Å². The number of aromatic nitrogens is 4. The molecule has 3 aromatic heterocycles. The molecule has 254 valence electrons. The van der Waals surface area contributed by atoms with E-state index in [1.165, 1.54) is 30.2 Å². The third-order valence-electron chi connectivity index (χ3n) is 9.07. The summed E-state index contributed by atoms with van der Waals surface area (Å²) in [5, 5.41) is 26.5. The molecule has 1 fully saturated rings. The SMILES string of the molecule is N=Cc1cc(Nc2ncnc3ccc(-c4ccn(CC(O)CN5CCN(Cc6ccncc6)CC5)c4)cc23)ccc1NCc1cccc(F)c1. The standard InChI is InChI=1S/C39H40FN9O/c40-33-3-1-2-29(18-33)22-43-37-7-5-34(19-32(37)21-41)46-39-36-20-30(4-6-38(36)44-27-45-39)31-10-13-49(24-31)26-35(50)25-48-16-14-47(15-17-48)23-28-8-11-42-12-9-28/h1-13,18-21,24,27,35,41,43,50H,14-17,22-23,25-26H2,(H,44,45,46). The Morgan fingerprint density at radius 1 is 0.860 bits per heavy atom. The number of hydrogen-bond donors (Lipinski definition) is 4. The van der Waals surface area contributed by atoms with Gasteiger partial charge in [0.15, 0.2) is 0 Å². The Bertz CT molecular complexity index is 2060. The summed E-state index contributed by atoms with van der Waals surface area (Å²) in [6.45, 7) is 6.37. The van der Waals surface area contributed by atoms with Crippen molar-refractivity contribution in [1.29, 1.82) is 5.41 Å². The summed E-state index contributed by atoms with van der Waals surface area (Å²) in [7, 11) is 0. The lowest BCUT2D eigenvalue weighted by Crippen LogP contribution is -2.48. The van der Waals surface area contributed by atoms with E-state index in [1.807, 2.05) is 59.6 Å². The Hall–Kier alpha value is -5.49. The molecule has 6 aromatic rings. The molecule has 50 heavy (non-hydrogen) atoms. The van der Waals surface area contributed by atoms with Gasteiger partial charge in [-0.1, -0.05) is 18.2 Å². The van der Waals surface area contributed by atoms with Crippen LogP contribution >= 0.6 is 0 Å². The predicted octanol–water partition coefficient (Wildman–Crippen LogP) is 6.16. The lowest BCUT2D eigenvalue weighted by atomic mass is 10.1. The third-order valence-corrected chi connectivity index (χ3v) is 9.07. The van der Waals surface area contributed by atoms with Crippen LogP contribution in [0.5, 0.6) is 0 Å². The maximum absolute atomic E-state index is 13.6. The van der Waals surface area contributed by atoms with Crippen molar-refractivity contribution in [3.8, 4) is 11.1 Å². The second-order valence-corrected chi connectivity index (χ2v) is 12.7. The minimum absolute atomic E-state index is 0.276. The molecule has 1 aliphatic heterocycles. The highest BCUT2D eigenvalue weighted by atomic mass is 19.1. The molecule has 0 radical (unpaired) electrons. The molecule has 1 unspecified atom stereocenters. The van der Waals surface area contributed by atoms with E-state index in [2.05, 4.69) is 65.8 Å². The number of hydrogen-bond acceptors (Lipinski definition) is 9. The molecule has 0 amide bonds. The van der Waals surface area contributed by atoms with Gasteiger partial charge in [-0.15, -0.1) is 0 Å². The summed E-state index contributed by atoms with van der Waals surface area (Å²) in [5.41, 5.74) is 7.21. The molecule has 0 saturated carbocycles. The first-order valence-corrected chi connectivity index (χ1v) is 16.8. The molecule has 0 spiro atoms. The fourth-order valence-corrected chi connectivity index (χ4v) is 6.44. The van der Waals surface area contributed by atoms with Gasteiger partial charge in [-0.2, -0.15) is 0 Å². The van der Waals surface area contributed by atoms with Crippen LogP contribution in [0.3, 0.4) is 0 Å². The monoisotopic (exact) mass is 669 g/mol. The zero-order valence-corrected chi connectivity index (χ0v) is 27.7. The maximum Gasteiger partial charge on any atom is 0.141 e. The molecule has 11 heteroatoms. The smallest absolute Gasteiger partial charge is 0.141 e. The number of nitrogens with zero attached hydrogens (tertiary/aromatic N) is 6. The number of fused-ring (bicyclic) bond motifs is 1. The minimum Gasteiger partial charge on any atom is -0.390 e. The molecular formula is C39H40FN9O. The Morgan fingerprint density at radius 2 is 1.70 bits per heavy atom. The minimum atomic E-state index is -0.475. The molecule has 4 heterocycles. The van der Waals surface area contributed by atoms with E-state index in [1.54, 1.807) is 6.07 Å². The molecule has 4 N–H and O–H groups in total. The van der Waals surface area contributed by atoms with Gasteiger partial charge in [0, 0.05) is 106 Å². The average molecular weight is 670 g/mol. The quantitative estimate of drug-likeness (QED) is 0.108. The molecule has 1 saturated heterocycles. The van der Waals surface area contributed by atoms with Crippen LogP contribution in [0.2, 0.25) is 0 Å². The molecule has 3 aromatic carbocycles. The molecule has 10 nitrogen and oxygen atoms in total. The van der Waals surface area contributed by atoms with Gasteiger partial charge in [0.2, 0.25) is 0 Å². The van der Waals surface area contributed by atoms with E-state index >= 15 is 0 Å². The number of aliphatic hydroxyl groups is 1. The van der Waals surface area contributed by atoms with Crippen LogP contribution in [0.4, 0.5) is 21.6 Å². The van der Waals surface area contributed by atoms with E-state index < -0.39 is 6.10 Å². The van der Waals surface area contributed by atoms with Gasteiger partial charge in [0.05, 0.1) is 11.6 Å². The van der Waals surface area contributed by atoms with Crippen LogP contribution in [0.1, 0.15) is 16.7 Å². The molecule has 7 rings (SSSR count). The van der Waals surface area contributed by atoms with Crippen molar-refractivity contribution in [2.45, 2.75) is 25.7 Å². The van der Waals surface area contributed by atoms with Crippen molar-refractivity contribution >= 4 is 34.3 Å². The highest BCUT2D eigenvalue weighted by Gasteiger charge is 2.20. The molecule has 1 aliphatic rings. The van der Waals surface area contributed by atoms with E-state index in [0.29, 0.717) is 31.0 Å². The number of rotatable bonds is 13. The third kappa shape index (κ3) is 8.20. The van der Waals surface area contributed by atoms with Crippen molar-refractivity contribution in [1.82, 2.24) is 29.3 Å².